The Morgan fingerprint density at radius 2 is 1.86 bits per heavy atom. The number of esters is 1. The summed E-state index contributed by atoms with van der Waals surface area (Å²) < 4.78 is 27.2. The Bertz CT molecular complexity index is 214. The van der Waals surface area contributed by atoms with Crippen molar-refractivity contribution >= 4 is 23.3 Å². The van der Waals surface area contributed by atoms with E-state index in [0.29, 0.717) is 0 Å². The largest absolute Gasteiger partial charge is 0.480 e. The summed E-state index contributed by atoms with van der Waals surface area (Å²) in [6.07, 6.45) is 0. The molecule has 0 bridgehead atoms. The molecule has 0 unspecified atom stereocenters. The zero-order valence-corrected chi connectivity index (χ0v) is 8.06. The van der Waals surface area contributed by atoms with Gasteiger partial charge in [0.15, 0.2) is 0 Å². The highest BCUT2D eigenvalue weighted by Gasteiger charge is 2.11. The molecule has 84 valence electrons. The molecule has 9 heteroatoms. The highest BCUT2D eigenvalue weighted by Crippen LogP contribution is 1.82. The molecule has 14 heavy (non-hydrogen) atoms. The standard InChI is InChI=1S/C5H9NO4.H2O3S/c1-3(7)10-2-4(6)5(8)9;1-4(2)3/h4H,2,6H2,1H3,(H,8,9);(H2,1,2,3)/t4-;/m0./s1. The lowest BCUT2D eigenvalue weighted by molar-refractivity contribution is -0.146. The highest BCUT2D eigenvalue weighted by molar-refractivity contribution is 7.73. The van der Waals surface area contributed by atoms with Crippen LogP contribution < -0.4 is 5.73 Å². The van der Waals surface area contributed by atoms with Crippen LogP contribution in [0.2, 0.25) is 0 Å². The molecule has 0 aliphatic carbocycles. The van der Waals surface area contributed by atoms with Gasteiger partial charge in [0.2, 0.25) is 0 Å². The van der Waals surface area contributed by atoms with Crippen LogP contribution in [0.4, 0.5) is 0 Å². The molecule has 8 nitrogen and oxygen atoms in total. The average Bonchev–Trinajstić information content (AvgIpc) is 1.98. The Kier molecular flexibility index (Phi) is 9.45. The number of carboxylic acids is 1. The normalized spacial score (nSPS) is 11.2. The Morgan fingerprint density at radius 1 is 1.50 bits per heavy atom. The van der Waals surface area contributed by atoms with E-state index in [4.69, 9.17) is 24.2 Å². The first-order valence-electron chi connectivity index (χ1n) is 3.19. The third kappa shape index (κ3) is 17.2. The lowest BCUT2D eigenvalue weighted by Gasteiger charge is -2.04. The van der Waals surface area contributed by atoms with Crippen LogP contribution in [0.3, 0.4) is 0 Å². The van der Waals surface area contributed by atoms with E-state index in [-0.39, 0.29) is 6.61 Å². The fourth-order valence-corrected chi connectivity index (χ4v) is 0.278. The lowest BCUT2D eigenvalue weighted by atomic mass is 10.3. The van der Waals surface area contributed by atoms with Gasteiger partial charge in [0.1, 0.15) is 12.6 Å². The summed E-state index contributed by atoms with van der Waals surface area (Å²) in [5.74, 6) is -1.71. The Hall–Kier alpha value is -1.03. The van der Waals surface area contributed by atoms with E-state index in [1.165, 1.54) is 6.92 Å². The van der Waals surface area contributed by atoms with Crippen LogP contribution in [-0.2, 0) is 25.7 Å². The van der Waals surface area contributed by atoms with Crippen LogP contribution in [0.1, 0.15) is 6.92 Å². The van der Waals surface area contributed by atoms with Gasteiger partial charge in [-0.05, 0) is 0 Å². The minimum atomic E-state index is -2.61. The molecule has 0 heterocycles. The van der Waals surface area contributed by atoms with Gasteiger partial charge in [-0.25, -0.2) is 0 Å². The third-order valence-electron chi connectivity index (χ3n) is 0.783. The van der Waals surface area contributed by atoms with Crippen molar-refractivity contribution in [2.24, 2.45) is 5.73 Å². The van der Waals surface area contributed by atoms with Crippen molar-refractivity contribution in [1.82, 2.24) is 0 Å². The molecule has 0 radical (unpaired) electrons. The van der Waals surface area contributed by atoms with E-state index in [0.717, 1.165) is 0 Å². The van der Waals surface area contributed by atoms with Crippen molar-refractivity contribution < 1.29 is 32.7 Å². The molecule has 5 N–H and O–H groups in total. The van der Waals surface area contributed by atoms with Gasteiger partial charge in [-0.3, -0.25) is 18.7 Å². The second-order valence-electron chi connectivity index (χ2n) is 1.98. The van der Waals surface area contributed by atoms with Crippen LogP contribution >= 0.6 is 0 Å². The van der Waals surface area contributed by atoms with E-state index in [1.54, 1.807) is 0 Å². The molecular weight excluding hydrogens is 218 g/mol. The fraction of sp³-hybridized carbons (Fsp3) is 0.600. The van der Waals surface area contributed by atoms with Crippen LogP contribution in [-0.4, -0.2) is 43.0 Å². The smallest absolute Gasteiger partial charge is 0.324 e. The molecule has 0 aromatic rings. The molecule has 0 saturated carbocycles. The number of nitrogens with two attached hydrogens (primary N) is 1. The molecule has 1 atom stereocenters. The van der Waals surface area contributed by atoms with Crippen LogP contribution in [0.15, 0.2) is 0 Å². The number of rotatable bonds is 3. The Balaban J connectivity index is 0. The van der Waals surface area contributed by atoms with Crippen LogP contribution in [0, 0.1) is 0 Å². The predicted octanol–water partition coefficient (Wildman–Crippen LogP) is -1.36. The molecule has 0 spiro atoms. The zero-order valence-electron chi connectivity index (χ0n) is 7.24. The second-order valence-corrected chi connectivity index (χ2v) is 2.44. The maximum Gasteiger partial charge on any atom is 0.324 e. The number of carbonyl (C=O) groups is 2. The van der Waals surface area contributed by atoms with Gasteiger partial charge < -0.3 is 15.6 Å². The van der Waals surface area contributed by atoms with E-state index < -0.39 is 29.3 Å². The minimum absolute atomic E-state index is 0.273. The number of hydrogen-bond acceptors (Lipinski definition) is 5. The first kappa shape index (κ1) is 15.4. The summed E-state index contributed by atoms with van der Waals surface area (Å²) in [4.78, 5) is 20.1. The van der Waals surface area contributed by atoms with Crippen LogP contribution in [0.25, 0.3) is 0 Å². The summed E-state index contributed by atoms with van der Waals surface area (Å²) in [5.41, 5.74) is 4.99. The summed E-state index contributed by atoms with van der Waals surface area (Å²) in [6, 6.07) is -1.12. The molecular formula is C5H11NO7S. The monoisotopic (exact) mass is 229 g/mol. The lowest BCUT2D eigenvalue weighted by Crippen LogP contribution is -2.35. The van der Waals surface area contributed by atoms with Gasteiger partial charge in [0.25, 0.3) is 11.4 Å². The molecule has 0 aliphatic heterocycles. The maximum atomic E-state index is 10.1. The molecule has 0 aromatic carbocycles. The molecule has 0 rings (SSSR count). The third-order valence-corrected chi connectivity index (χ3v) is 0.783. The van der Waals surface area contributed by atoms with E-state index in [1.807, 2.05) is 0 Å². The number of hydrogen-bond donors (Lipinski definition) is 4. The highest BCUT2D eigenvalue weighted by atomic mass is 32.2. The number of ether oxygens (including phenoxy) is 1. The van der Waals surface area contributed by atoms with Gasteiger partial charge in [-0.15, -0.1) is 0 Å². The number of carboxylic acid groups (broad SMARTS) is 1. The summed E-state index contributed by atoms with van der Waals surface area (Å²) in [6.45, 7) is 0.916. The van der Waals surface area contributed by atoms with Crippen molar-refractivity contribution in [3.63, 3.8) is 0 Å². The van der Waals surface area contributed by atoms with Crippen molar-refractivity contribution in [3.8, 4) is 0 Å². The summed E-state index contributed by atoms with van der Waals surface area (Å²) >= 11 is -2.61. The molecule has 0 amide bonds. The van der Waals surface area contributed by atoms with Gasteiger partial charge in [0, 0.05) is 6.92 Å². The van der Waals surface area contributed by atoms with Crippen molar-refractivity contribution in [2.75, 3.05) is 6.61 Å². The number of aliphatic carboxylic acids is 1. The molecule has 0 saturated heterocycles. The minimum Gasteiger partial charge on any atom is -0.480 e. The fourth-order valence-electron chi connectivity index (χ4n) is 0.278. The molecule has 0 aromatic heterocycles. The topological polar surface area (TPSA) is 147 Å². The van der Waals surface area contributed by atoms with Crippen LogP contribution in [0.5, 0.6) is 0 Å². The Morgan fingerprint density at radius 3 is 2.07 bits per heavy atom. The quantitative estimate of drug-likeness (QED) is 0.342. The maximum absolute atomic E-state index is 10.1. The Labute approximate surface area is 82.2 Å². The van der Waals surface area contributed by atoms with Crippen molar-refractivity contribution in [2.45, 2.75) is 13.0 Å². The first-order chi connectivity index (χ1) is 6.27. The SMILES string of the molecule is CC(=O)OC[C@H](N)C(=O)O.O=S(O)O. The zero-order chi connectivity index (χ0) is 11.7. The van der Waals surface area contributed by atoms with E-state index >= 15 is 0 Å². The first-order valence-corrected chi connectivity index (χ1v) is 4.25. The van der Waals surface area contributed by atoms with Crippen molar-refractivity contribution in [3.05, 3.63) is 0 Å². The second kappa shape index (κ2) is 8.56. The average molecular weight is 229 g/mol. The van der Waals surface area contributed by atoms with Gasteiger partial charge in [-0.2, -0.15) is 4.21 Å². The molecule has 0 fully saturated rings. The summed E-state index contributed by atoms with van der Waals surface area (Å²) in [5, 5.41) is 8.18. The van der Waals surface area contributed by atoms with Gasteiger partial charge >= 0.3 is 11.9 Å². The van der Waals surface area contributed by atoms with Gasteiger partial charge in [0.05, 0.1) is 0 Å². The molecule has 0 aliphatic rings. The summed E-state index contributed by atoms with van der Waals surface area (Å²) in [7, 11) is 0. The van der Waals surface area contributed by atoms with E-state index in [2.05, 4.69) is 4.74 Å². The van der Waals surface area contributed by atoms with Gasteiger partial charge in [-0.1, -0.05) is 0 Å². The van der Waals surface area contributed by atoms with Crippen molar-refractivity contribution in [1.29, 1.82) is 0 Å². The predicted molar refractivity (Wildman–Crippen MR) is 45.6 cm³/mol. The number of carbonyl (C=O) groups excluding carboxylic acids is 1. The van der Waals surface area contributed by atoms with E-state index in [9.17, 15) is 9.59 Å².